The summed E-state index contributed by atoms with van der Waals surface area (Å²) in [6, 6.07) is 3.94. The fourth-order valence-corrected chi connectivity index (χ4v) is 6.05. The average molecular weight is 442 g/mol. The SMILES string of the molecule is CCCCC[C@H]1CC[C@H](C2CCC(CCc3ccc(OC(=O)CCCC)cn3)CC2)CC1. The lowest BCUT2D eigenvalue weighted by atomic mass is 9.68. The third kappa shape index (κ3) is 8.52. The van der Waals surface area contributed by atoms with Crippen LogP contribution in [0.4, 0.5) is 0 Å². The van der Waals surface area contributed by atoms with Crippen LogP contribution in [-0.4, -0.2) is 11.0 Å². The van der Waals surface area contributed by atoms with Gasteiger partial charge < -0.3 is 4.74 Å². The quantitative estimate of drug-likeness (QED) is 0.242. The highest BCUT2D eigenvalue weighted by Crippen LogP contribution is 2.43. The number of unbranched alkanes of at least 4 members (excludes halogenated alkanes) is 3. The molecule has 0 bridgehead atoms. The number of pyridine rings is 1. The molecule has 1 heterocycles. The minimum Gasteiger partial charge on any atom is -0.425 e. The molecule has 2 saturated carbocycles. The molecule has 1 aromatic heterocycles. The molecule has 180 valence electrons. The Morgan fingerprint density at radius 1 is 0.844 bits per heavy atom. The van der Waals surface area contributed by atoms with Crippen molar-refractivity contribution < 1.29 is 9.53 Å². The zero-order valence-electron chi connectivity index (χ0n) is 20.8. The predicted molar refractivity (Wildman–Crippen MR) is 133 cm³/mol. The highest BCUT2D eigenvalue weighted by atomic mass is 16.5. The highest BCUT2D eigenvalue weighted by molar-refractivity contribution is 5.72. The zero-order chi connectivity index (χ0) is 22.6. The van der Waals surface area contributed by atoms with Crippen LogP contribution in [0.25, 0.3) is 0 Å². The molecule has 0 atom stereocenters. The largest absolute Gasteiger partial charge is 0.425 e. The summed E-state index contributed by atoms with van der Waals surface area (Å²) in [4.78, 5) is 16.3. The Bertz CT molecular complexity index is 640. The van der Waals surface area contributed by atoms with Crippen molar-refractivity contribution in [2.75, 3.05) is 0 Å². The first-order chi connectivity index (χ1) is 15.7. The van der Waals surface area contributed by atoms with Crippen LogP contribution in [-0.2, 0) is 11.2 Å². The summed E-state index contributed by atoms with van der Waals surface area (Å²) in [5, 5.41) is 0. The molecule has 0 aliphatic heterocycles. The molecule has 0 radical (unpaired) electrons. The van der Waals surface area contributed by atoms with Gasteiger partial charge in [-0.1, -0.05) is 71.6 Å². The van der Waals surface area contributed by atoms with Gasteiger partial charge in [0.2, 0.25) is 0 Å². The van der Waals surface area contributed by atoms with E-state index < -0.39 is 0 Å². The Balaban J connectivity index is 1.30. The van der Waals surface area contributed by atoms with Gasteiger partial charge in [0, 0.05) is 12.1 Å². The summed E-state index contributed by atoms with van der Waals surface area (Å²) in [5.41, 5.74) is 1.13. The van der Waals surface area contributed by atoms with Crippen molar-refractivity contribution in [3.8, 4) is 5.75 Å². The van der Waals surface area contributed by atoms with Crippen molar-refractivity contribution in [1.29, 1.82) is 0 Å². The monoisotopic (exact) mass is 441 g/mol. The molecule has 0 saturated heterocycles. The summed E-state index contributed by atoms with van der Waals surface area (Å²) in [5.74, 6) is 4.35. The Morgan fingerprint density at radius 2 is 1.47 bits per heavy atom. The van der Waals surface area contributed by atoms with Crippen LogP contribution < -0.4 is 4.74 Å². The summed E-state index contributed by atoms with van der Waals surface area (Å²) in [7, 11) is 0. The molecule has 0 amide bonds. The van der Waals surface area contributed by atoms with E-state index in [-0.39, 0.29) is 5.97 Å². The first-order valence-electron chi connectivity index (χ1n) is 13.8. The van der Waals surface area contributed by atoms with E-state index in [1.54, 1.807) is 6.20 Å². The summed E-state index contributed by atoms with van der Waals surface area (Å²) in [6.45, 7) is 4.39. The maximum Gasteiger partial charge on any atom is 0.311 e. The van der Waals surface area contributed by atoms with Crippen molar-refractivity contribution in [1.82, 2.24) is 4.98 Å². The lowest BCUT2D eigenvalue weighted by Gasteiger charge is -2.38. The Morgan fingerprint density at radius 3 is 2.03 bits per heavy atom. The minimum absolute atomic E-state index is 0.150. The van der Waals surface area contributed by atoms with E-state index >= 15 is 0 Å². The fourth-order valence-electron chi connectivity index (χ4n) is 6.05. The average Bonchev–Trinajstić information content (AvgIpc) is 2.83. The lowest BCUT2D eigenvalue weighted by molar-refractivity contribution is -0.134. The molecule has 2 fully saturated rings. The normalized spacial score (nSPS) is 26.1. The van der Waals surface area contributed by atoms with Crippen LogP contribution in [0, 0.1) is 23.7 Å². The van der Waals surface area contributed by atoms with E-state index in [4.69, 9.17) is 4.74 Å². The zero-order valence-corrected chi connectivity index (χ0v) is 20.8. The van der Waals surface area contributed by atoms with E-state index in [0.717, 1.165) is 48.6 Å². The molecule has 3 heteroatoms. The van der Waals surface area contributed by atoms with Gasteiger partial charge in [-0.25, -0.2) is 0 Å². The summed E-state index contributed by atoms with van der Waals surface area (Å²) in [6.07, 6.45) is 23.9. The molecule has 3 nitrogen and oxygen atoms in total. The maximum atomic E-state index is 11.7. The lowest BCUT2D eigenvalue weighted by Crippen LogP contribution is -2.26. The van der Waals surface area contributed by atoms with Crippen molar-refractivity contribution in [2.45, 2.75) is 123 Å². The third-order valence-corrected chi connectivity index (χ3v) is 8.24. The molecule has 0 unspecified atom stereocenters. The first-order valence-corrected chi connectivity index (χ1v) is 13.8. The van der Waals surface area contributed by atoms with Crippen LogP contribution in [0.2, 0.25) is 0 Å². The number of aryl methyl sites for hydroxylation is 1. The second-order valence-corrected chi connectivity index (χ2v) is 10.7. The van der Waals surface area contributed by atoms with Crippen molar-refractivity contribution >= 4 is 5.97 Å². The molecular weight excluding hydrogens is 394 g/mol. The van der Waals surface area contributed by atoms with Crippen molar-refractivity contribution in [2.24, 2.45) is 23.7 Å². The molecule has 2 aliphatic carbocycles. The van der Waals surface area contributed by atoms with Gasteiger partial charge in [0.1, 0.15) is 5.75 Å². The second-order valence-electron chi connectivity index (χ2n) is 10.7. The van der Waals surface area contributed by atoms with Gasteiger partial charge in [-0.2, -0.15) is 0 Å². The van der Waals surface area contributed by atoms with Gasteiger partial charge in [0.05, 0.1) is 6.20 Å². The number of esters is 1. The number of carbonyl (C=O) groups excluding carboxylic acids is 1. The molecular formula is C29H47NO2. The van der Waals surface area contributed by atoms with Crippen LogP contribution in [0.3, 0.4) is 0 Å². The van der Waals surface area contributed by atoms with Crippen LogP contribution in [0.5, 0.6) is 5.75 Å². The van der Waals surface area contributed by atoms with Gasteiger partial charge in [0.25, 0.3) is 0 Å². The Labute approximate surface area is 197 Å². The van der Waals surface area contributed by atoms with Crippen LogP contribution >= 0.6 is 0 Å². The van der Waals surface area contributed by atoms with Crippen molar-refractivity contribution in [3.05, 3.63) is 24.0 Å². The minimum atomic E-state index is -0.150. The first kappa shape index (κ1) is 25.2. The molecule has 3 rings (SSSR count). The Kier molecular flexibility index (Phi) is 11.1. The third-order valence-electron chi connectivity index (χ3n) is 8.24. The second kappa shape index (κ2) is 14.0. The van der Waals surface area contributed by atoms with Crippen LogP contribution in [0.15, 0.2) is 18.3 Å². The molecule has 0 spiro atoms. The molecule has 0 aromatic carbocycles. The molecule has 0 N–H and O–H groups in total. The van der Waals surface area contributed by atoms with E-state index in [0.29, 0.717) is 12.2 Å². The maximum absolute atomic E-state index is 11.7. The van der Waals surface area contributed by atoms with Gasteiger partial charge in [-0.05, 0) is 80.8 Å². The van der Waals surface area contributed by atoms with Gasteiger partial charge in [-0.3, -0.25) is 9.78 Å². The number of hydrogen-bond acceptors (Lipinski definition) is 3. The molecule has 1 aromatic rings. The van der Waals surface area contributed by atoms with E-state index in [9.17, 15) is 4.79 Å². The Hall–Kier alpha value is -1.38. The van der Waals surface area contributed by atoms with Gasteiger partial charge in [-0.15, -0.1) is 0 Å². The highest BCUT2D eigenvalue weighted by Gasteiger charge is 2.30. The predicted octanol–water partition coefficient (Wildman–Crippen LogP) is 8.30. The molecule has 32 heavy (non-hydrogen) atoms. The summed E-state index contributed by atoms with van der Waals surface area (Å²) < 4.78 is 5.36. The van der Waals surface area contributed by atoms with Gasteiger partial charge in [0.15, 0.2) is 0 Å². The number of carbonyl (C=O) groups is 1. The molecule has 2 aliphatic rings. The smallest absolute Gasteiger partial charge is 0.311 e. The fraction of sp³-hybridized carbons (Fsp3) is 0.793. The number of ether oxygens (including phenoxy) is 1. The van der Waals surface area contributed by atoms with E-state index in [1.807, 2.05) is 12.1 Å². The number of aromatic nitrogens is 1. The van der Waals surface area contributed by atoms with Gasteiger partial charge >= 0.3 is 5.97 Å². The summed E-state index contributed by atoms with van der Waals surface area (Å²) >= 11 is 0. The number of nitrogens with zero attached hydrogens (tertiary/aromatic N) is 1. The van der Waals surface area contributed by atoms with Crippen molar-refractivity contribution in [3.63, 3.8) is 0 Å². The number of rotatable bonds is 12. The topological polar surface area (TPSA) is 39.2 Å². The van der Waals surface area contributed by atoms with E-state index in [2.05, 4.69) is 18.8 Å². The standard InChI is InChI=1S/C29H47NO2/c1-3-5-7-8-23-10-15-25(16-11-23)26-17-12-24(13-18-26)14-19-27-20-21-28(22-30-27)32-29(31)9-6-4-2/h20-26H,3-19H2,1-2H3/t23-,24?,25-,26?. The number of hydrogen-bond donors (Lipinski definition) is 0. The van der Waals surface area contributed by atoms with Crippen LogP contribution in [0.1, 0.15) is 122 Å². The van der Waals surface area contributed by atoms with E-state index in [1.165, 1.54) is 83.5 Å².